The van der Waals surface area contributed by atoms with Gasteiger partial charge in [-0.3, -0.25) is 14.4 Å². The molecule has 8 heteroatoms. The lowest BCUT2D eigenvalue weighted by Crippen LogP contribution is -2.34. The van der Waals surface area contributed by atoms with Gasteiger partial charge in [-0.2, -0.15) is 0 Å². The quantitative estimate of drug-likeness (QED) is 0.518. The van der Waals surface area contributed by atoms with Crippen molar-refractivity contribution in [2.24, 2.45) is 5.73 Å². The van der Waals surface area contributed by atoms with Crippen molar-refractivity contribution in [3.05, 3.63) is 58.9 Å². The number of anilines is 1. The molecule has 0 aliphatic rings. The van der Waals surface area contributed by atoms with E-state index in [2.05, 4.69) is 20.9 Å². The van der Waals surface area contributed by atoms with Crippen molar-refractivity contribution in [1.82, 2.24) is 4.98 Å². The lowest BCUT2D eigenvalue weighted by atomic mass is 10.1. The van der Waals surface area contributed by atoms with E-state index in [4.69, 9.17) is 10.5 Å². The molecule has 0 aliphatic heterocycles. The molecule has 2 amide bonds. The number of benzene rings is 1. The highest BCUT2D eigenvalue weighted by Gasteiger charge is 2.25. The summed E-state index contributed by atoms with van der Waals surface area (Å²) in [5, 5.41) is 0. The molecule has 1 atom stereocenters. The van der Waals surface area contributed by atoms with Gasteiger partial charge in [-0.25, -0.2) is 4.98 Å². The maximum atomic E-state index is 13.2. The zero-order valence-electron chi connectivity index (χ0n) is 15.9. The van der Waals surface area contributed by atoms with Crippen LogP contribution in [-0.2, 0) is 9.53 Å². The van der Waals surface area contributed by atoms with Gasteiger partial charge in [-0.05, 0) is 43.2 Å². The Morgan fingerprint density at radius 1 is 1.25 bits per heavy atom. The molecule has 28 heavy (non-hydrogen) atoms. The number of alkyl halides is 1. The third-order valence-corrected chi connectivity index (χ3v) is 4.98. The van der Waals surface area contributed by atoms with Crippen molar-refractivity contribution in [2.75, 3.05) is 18.6 Å². The molecule has 0 fully saturated rings. The highest BCUT2D eigenvalue weighted by Crippen LogP contribution is 2.28. The van der Waals surface area contributed by atoms with Gasteiger partial charge in [-0.1, -0.05) is 35.0 Å². The first-order valence-electron chi connectivity index (χ1n) is 8.71. The molecule has 148 valence electrons. The molecular weight excluding hydrogens is 426 g/mol. The van der Waals surface area contributed by atoms with E-state index in [1.165, 1.54) is 7.11 Å². The first-order chi connectivity index (χ1) is 13.3. The number of aryl methyl sites for hydroxylation is 1. The second kappa shape index (κ2) is 9.45. The number of carbonyl (C=O) groups excluding carboxylic acids is 3. The Kier molecular flexibility index (Phi) is 7.28. The van der Waals surface area contributed by atoms with Gasteiger partial charge in [0.2, 0.25) is 0 Å². The first-order valence-corrected chi connectivity index (χ1v) is 9.62. The topological polar surface area (TPSA) is 103 Å². The number of aromatic nitrogens is 1. The predicted molar refractivity (Wildman–Crippen MR) is 110 cm³/mol. The lowest BCUT2D eigenvalue weighted by molar-refractivity contribution is -0.139. The van der Waals surface area contributed by atoms with Crippen LogP contribution in [0.15, 0.2) is 36.4 Å². The number of pyridine rings is 1. The normalized spacial score (nSPS) is 11.6. The van der Waals surface area contributed by atoms with Gasteiger partial charge in [0.05, 0.1) is 12.7 Å². The number of rotatable bonds is 7. The smallest absolute Gasteiger partial charge is 0.323 e. The molecule has 7 nitrogen and oxygen atoms in total. The van der Waals surface area contributed by atoms with Gasteiger partial charge in [0.25, 0.3) is 11.8 Å². The molecule has 0 saturated carbocycles. The second-order valence-corrected chi connectivity index (χ2v) is 7.07. The van der Waals surface area contributed by atoms with Crippen molar-refractivity contribution < 1.29 is 19.1 Å². The average Bonchev–Trinajstić information content (AvgIpc) is 2.70. The van der Waals surface area contributed by atoms with Gasteiger partial charge < -0.3 is 15.4 Å². The Bertz CT molecular complexity index is 901. The zero-order valence-corrected chi connectivity index (χ0v) is 17.5. The summed E-state index contributed by atoms with van der Waals surface area (Å²) in [5.41, 5.74) is 7.33. The zero-order chi connectivity index (χ0) is 20.8. The van der Waals surface area contributed by atoms with E-state index in [1.807, 2.05) is 6.92 Å². The van der Waals surface area contributed by atoms with E-state index < -0.39 is 16.7 Å². The third kappa shape index (κ3) is 4.75. The van der Waals surface area contributed by atoms with E-state index >= 15 is 0 Å². The van der Waals surface area contributed by atoms with E-state index in [1.54, 1.807) is 48.2 Å². The number of nitrogens with two attached hydrogens (primary N) is 1. The van der Waals surface area contributed by atoms with Crippen LogP contribution in [0, 0.1) is 6.92 Å². The standard InChI is InChI=1S/C20H22BrN3O4/c1-4-10-24(14-7-5-6-13(11-14)16(21)20(27)28-3)19(26)15-9-8-12(2)23-17(15)18(22)25/h5-9,11,16H,4,10H2,1-3H3,(H2,22,25). The second-order valence-electron chi connectivity index (χ2n) is 6.15. The molecule has 1 heterocycles. The molecule has 1 unspecified atom stereocenters. The van der Waals surface area contributed by atoms with Crippen LogP contribution in [0.1, 0.15) is 50.3 Å². The minimum Gasteiger partial charge on any atom is -0.468 e. The van der Waals surface area contributed by atoms with Gasteiger partial charge in [0.15, 0.2) is 0 Å². The summed E-state index contributed by atoms with van der Waals surface area (Å²) in [6.07, 6.45) is 0.690. The number of esters is 1. The Labute approximate surface area is 172 Å². The van der Waals surface area contributed by atoms with Crippen molar-refractivity contribution in [2.45, 2.75) is 25.1 Å². The molecule has 0 spiro atoms. The summed E-state index contributed by atoms with van der Waals surface area (Å²) >= 11 is 3.31. The summed E-state index contributed by atoms with van der Waals surface area (Å²) < 4.78 is 4.76. The van der Waals surface area contributed by atoms with Gasteiger partial charge in [0.1, 0.15) is 10.5 Å². The molecule has 2 rings (SSSR count). The Morgan fingerprint density at radius 2 is 1.96 bits per heavy atom. The minimum absolute atomic E-state index is 0.0600. The van der Waals surface area contributed by atoms with Crippen LogP contribution in [-0.4, -0.2) is 36.4 Å². The number of nitrogens with zero attached hydrogens (tertiary/aromatic N) is 2. The number of carbonyl (C=O) groups is 3. The maximum absolute atomic E-state index is 13.2. The Morgan fingerprint density at radius 3 is 2.57 bits per heavy atom. The highest BCUT2D eigenvalue weighted by molar-refractivity contribution is 9.09. The monoisotopic (exact) mass is 447 g/mol. The van der Waals surface area contributed by atoms with E-state index in [0.29, 0.717) is 29.9 Å². The van der Waals surface area contributed by atoms with Crippen LogP contribution in [0.5, 0.6) is 0 Å². The number of hydrogen-bond donors (Lipinski definition) is 1. The molecule has 2 N–H and O–H groups in total. The van der Waals surface area contributed by atoms with Gasteiger partial charge in [-0.15, -0.1) is 0 Å². The number of halogens is 1. The van der Waals surface area contributed by atoms with Gasteiger partial charge >= 0.3 is 5.97 Å². The van der Waals surface area contributed by atoms with Crippen LogP contribution in [0.2, 0.25) is 0 Å². The van der Waals surface area contributed by atoms with Crippen molar-refractivity contribution in [3.63, 3.8) is 0 Å². The van der Waals surface area contributed by atoms with E-state index in [0.717, 1.165) is 0 Å². The average molecular weight is 448 g/mol. The minimum atomic E-state index is -0.761. The number of amides is 2. The third-order valence-electron chi connectivity index (χ3n) is 4.07. The summed E-state index contributed by atoms with van der Waals surface area (Å²) in [6, 6.07) is 10.2. The largest absolute Gasteiger partial charge is 0.468 e. The molecule has 0 radical (unpaired) electrons. The van der Waals surface area contributed by atoms with Crippen molar-refractivity contribution in [3.8, 4) is 0 Å². The summed E-state index contributed by atoms with van der Waals surface area (Å²) in [4.78, 5) is 41.8. The van der Waals surface area contributed by atoms with Crippen LogP contribution < -0.4 is 10.6 Å². The molecule has 0 bridgehead atoms. The summed E-state index contributed by atoms with van der Waals surface area (Å²) in [6.45, 7) is 4.07. The highest BCUT2D eigenvalue weighted by atomic mass is 79.9. The van der Waals surface area contributed by atoms with Crippen LogP contribution in [0.3, 0.4) is 0 Å². The summed E-state index contributed by atoms with van der Waals surface area (Å²) in [5.74, 6) is -1.59. The fourth-order valence-corrected chi connectivity index (χ4v) is 3.20. The molecule has 1 aromatic carbocycles. The van der Waals surface area contributed by atoms with E-state index in [-0.39, 0.29) is 17.2 Å². The predicted octanol–water partition coefficient (Wildman–Crippen LogP) is 3.15. The van der Waals surface area contributed by atoms with Crippen LogP contribution in [0.4, 0.5) is 5.69 Å². The maximum Gasteiger partial charge on any atom is 0.323 e. The van der Waals surface area contributed by atoms with Crippen LogP contribution in [0.25, 0.3) is 0 Å². The van der Waals surface area contributed by atoms with Gasteiger partial charge in [0, 0.05) is 17.9 Å². The van der Waals surface area contributed by atoms with Crippen LogP contribution >= 0.6 is 15.9 Å². The number of ether oxygens (including phenoxy) is 1. The van der Waals surface area contributed by atoms with Crippen molar-refractivity contribution >= 4 is 39.4 Å². The lowest BCUT2D eigenvalue weighted by Gasteiger charge is -2.24. The molecule has 2 aromatic rings. The molecular formula is C20H22BrN3O4. The molecule has 1 aromatic heterocycles. The number of hydrogen-bond acceptors (Lipinski definition) is 5. The molecule has 0 aliphatic carbocycles. The fraction of sp³-hybridized carbons (Fsp3) is 0.300. The molecule has 0 saturated heterocycles. The Balaban J connectivity index is 2.48. The number of primary amides is 1. The SMILES string of the molecule is CCCN(C(=O)c1ccc(C)nc1C(N)=O)c1cccc(C(Br)C(=O)OC)c1. The summed E-state index contributed by atoms with van der Waals surface area (Å²) in [7, 11) is 1.31. The van der Waals surface area contributed by atoms with E-state index in [9.17, 15) is 14.4 Å². The fourth-order valence-electron chi connectivity index (χ4n) is 2.72. The number of methoxy groups -OCH3 is 1. The Hall–Kier alpha value is -2.74. The van der Waals surface area contributed by atoms with Crippen molar-refractivity contribution in [1.29, 1.82) is 0 Å². The first kappa shape index (κ1) is 21.6.